The molecule has 0 radical (unpaired) electrons. The number of alkyl halides is 3. The van der Waals surface area contributed by atoms with Gasteiger partial charge >= 0.3 is 6.18 Å². The van der Waals surface area contributed by atoms with Crippen molar-refractivity contribution in [3.63, 3.8) is 0 Å². The Kier molecular flexibility index (Phi) is 4.06. The number of hydrogen-bond acceptors (Lipinski definition) is 2. The van der Waals surface area contributed by atoms with Crippen molar-refractivity contribution in [3.8, 4) is 0 Å². The first-order valence-electron chi connectivity index (χ1n) is 7.45. The number of benzene rings is 1. The third-order valence-electron chi connectivity index (χ3n) is 4.16. The number of carbonyl (C=O) groups excluding carboxylic acids is 1. The van der Waals surface area contributed by atoms with Crippen LogP contribution < -0.4 is 0 Å². The van der Waals surface area contributed by atoms with Crippen molar-refractivity contribution >= 4 is 5.91 Å². The van der Waals surface area contributed by atoms with Crippen LogP contribution >= 0.6 is 0 Å². The predicted octanol–water partition coefficient (Wildman–Crippen LogP) is 3.56. The molecule has 1 aromatic carbocycles. The summed E-state index contributed by atoms with van der Waals surface area (Å²) in [6.07, 6.45) is -3.18. The first-order chi connectivity index (χ1) is 11.3. The number of carbonyl (C=O) groups is 1. The Morgan fingerprint density at radius 1 is 1.25 bits per heavy atom. The fourth-order valence-corrected chi connectivity index (χ4v) is 2.99. The van der Waals surface area contributed by atoms with E-state index in [2.05, 4.69) is 5.10 Å². The third-order valence-corrected chi connectivity index (χ3v) is 4.16. The summed E-state index contributed by atoms with van der Waals surface area (Å²) in [6.45, 7) is 0.438. The van der Waals surface area contributed by atoms with Gasteiger partial charge in [-0.3, -0.25) is 9.48 Å². The second-order valence-electron chi connectivity index (χ2n) is 5.74. The molecular formula is C16H15F4N3O. The summed E-state index contributed by atoms with van der Waals surface area (Å²) in [5.74, 6) is -0.886. The Hall–Kier alpha value is -2.38. The molecule has 0 saturated carbocycles. The Balaban J connectivity index is 1.89. The van der Waals surface area contributed by atoms with Crippen LogP contribution in [0.25, 0.3) is 0 Å². The van der Waals surface area contributed by atoms with Crippen molar-refractivity contribution in [2.45, 2.75) is 25.1 Å². The molecule has 1 saturated heterocycles. The molecule has 128 valence electrons. The van der Waals surface area contributed by atoms with Gasteiger partial charge in [0.1, 0.15) is 11.5 Å². The molecule has 1 aromatic heterocycles. The average Bonchev–Trinajstić information content (AvgIpc) is 3.13. The van der Waals surface area contributed by atoms with Crippen LogP contribution in [0.2, 0.25) is 0 Å². The Morgan fingerprint density at radius 3 is 2.50 bits per heavy atom. The lowest BCUT2D eigenvalue weighted by Gasteiger charge is -2.25. The summed E-state index contributed by atoms with van der Waals surface area (Å²) in [7, 11) is 1.31. The van der Waals surface area contributed by atoms with Gasteiger partial charge in [0, 0.05) is 19.7 Å². The molecule has 24 heavy (non-hydrogen) atoms. The largest absolute Gasteiger partial charge is 0.435 e. The minimum Gasteiger partial charge on any atom is -0.330 e. The maximum absolute atomic E-state index is 13.1. The molecular weight excluding hydrogens is 326 g/mol. The maximum Gasteiger partial charge on any atom is 0.435 e. The summed E-state index contributed by atoms with van der Waals surface area (Å²) < 4.78 is 52.3. The Labute approximate surface area is 135 Å². The van der Waals surface area contributed by atoms with E-state index in [9.17, 15) is 22.4 Å². The van der Waals surface area contributed by atoms with Gasteiger partial charge in [-0.15, -0.1) is 0 Å². The topological polar surface area (TPSA) is 38.1 Å². The van der Waals surface area contributed by atoms with Gasteiger partial charge in [-0.2, -0.15) is 18.3 Å². The molecule has 3 rings (SSSR count). The molecule has 1 amide bonds. The summed E-state index contributed by atoms with van der Waals surface area (Å²) >= 11 is 0. The van der Waals surface area contributed by atoms with E-state index in [4.69, 9.17) is 0 Å². The van der Waals surface area contributed by atoms with Gasteiger partial charge in [-0.1, -0.05) is 12.1 Å². The smallest absolute Gasteiger partial charge is 0.330 e. The van der Waals surface area contributed by atoms with E-state index in [-0.39, 0.29) is 17.6 Å². The minimum atomic E-state index is -4.60. The molecule has 2 aromatic rings. The highest BCUT2D eigenvalue weighted by Crippen LogP contribution is 2.34. The molecule has 1 atom stereocenters. The minimum absolute atomic E-state index is 0.115. The van der Waals surface area contributed by atoms with E-state index < -0.39 is 17.8 Å². The lowest BCUT2D eigenvalue weighted by Crippen LogP contribution is -2.32. The van der Waals surface area contributed by atoms with Crippen molar-refractivity contribution in [2.75, 3.05) is 6.54 Å². The SMILES string of the molecule is Cn1nc(C(F)(F)F)cc1C(=O)N1CCC[C@@H]1c1ccc(F)cc1. The highest BCUT2D eigenvalue weighted by Gasteiger charge is 2.37. The monoisotopic (exact) mass is 341 g/mol. The Bertz CT molecular complexity index is 752. The molecule has 4 nitrogen and oxygen atoms in total. The van der Waals surface area contributed by atoms with Crippen LogP contribution in [0.3, 0.4) is 0 Å². The quantitative estimate of drug-likeness (QED) is 0.784. The number of nitrogens with zero attached hydrogens (tertiary/aromatic N) is 3. The standard InChI is InChI=1S/C16H15F4N3O/c1-22-13(9-14(21-22)16(18,19)20)15(24)23-8-2-3-12(23)10-4-6-11(17)7-5-10/h4-7,9,12H,2-3,8H2,1H3/t12-/m1/s1. The van der Waals surface area contributed by atoms with Crippen LogP contribution in [-0.4, -0.2) is 27.1 Å². The van der Waals surface area contributed by atoms with E-state index >= 15 is 0 Å². The normalized spacial score (nSPS) is 18.2. The lowest BCUT2D eigenvalue weighted by molar-refractivity contribution is -0.141. The van der Waals surface area contributed by atoms with Crippen molar-refractivity contribution < 1.29 is 22.4 Å². The van der Waals surface area contributed by atoms with Gasteiger partial charge in [0.2, 0.25) is 0 Å². The number of likely N-dealkylation sites (tertiary alicyclic amines) is 1. The summed E-state index contributed by atoms with van der Waals surface area (Å²) in [4.78, 5) is 14.2. The number of amides is 1. The Morgan fingerprint density at radius 2 is 1.92 bits per heavy atom. The zero-order chi connectivity index (χ0) is 17.5. The lowest BCUT2D eigenvalue weighted by atomic mass is 10.0. The molecule has 8 heteroatoms. The van der Waals surface area contributed by atoms with Crippen LogP contribution in [0.4, 0.5) is 17.6 Å². The van der Waals surface area contributed by atoms with Crippen molar-refractivity contribution in [1.82, 2.24) is 14.7 Å². The van der Waals surface area contributed by atoms with Crippen LogP contribution in [0.5, 0.6) is 0 Å². The molecule has 2 heterocycles. The van der Waals surface area contributed by atoms with E-state index in [1.165, 1.54) is 24.1 Å². The number of halogens is 4. The first-order valence-corrected chi connectivity index (χ1v) is 7.45. The van der Waals surface area contributed by atoms with E-state index in [1.54, 1.807) is 12.1 Å². The van der Waals surface area contributed by atoms with Crippen molar-refractivity contribution in [3.05, 3.63) is 53.1 Å². The van der Waals surface area contributed by atoms with E-state index in [0.29, 0.717) is 13.0 Å². The van der Waals surface area contributed by atoms with Gasteiger partial charge in [0.25, 0.3) is 5.91 Å². The zero-order valence-electron chi connectivity index (χ0n) is 12.8. The average molecular weight is 341 g/mol. The first kappa shape index (κ1) is 16.5. The number of aryl methyl sites for hydroxylation is 1. The fourth-order valence-electron chi connectivity index (χ4n) is 2.99. The zero-order valence-corrected chi connectivity index (χ0v) is 12.8. The maximum atomic E-state index is 13.1. The second kappa shape index (κ2) is 5.92. The van der Waals surface area contributed by atoms with Crippen molar-refractivity contribution in [2.24, 2.45) is 7.05 Å². The van der Waals surface area contributed by atoms with Gasteiger partial charge in [-0.05, 0) is 30.5 Å². The molecule has 1 aliphatic heterocycles. The van der Waals surface area contributed by atoms with E-state index in [0.717, 1.165) is 22.7 Å². The third kappa shape index (κ3) is 3.00. The van der Waals surface area contributed by atoms with Crippen LogP contribution in [0, 0.1) is 5.82 Å². The second-order valence-corrected chi connectivity index (χ2v) is 5.74. The molecule has 0 unspecified atom stereocenters. The number of rotatable bonds is 2. The molecule has 1 aliphatic rings. The van der Waals surface area contributed by atoms with Gasteiger partial charge in [0.15, 0.2) is 5.69 Å². The van der Waals surface area contributed by atoms with Crippen LogP contribution in [0.15, 0.2) is 30.3 Å². The highest BCUT2D eigenvalue weighted by molar-refractivity contribution is 5.93. The summed E-state index contributed by atoms with van der Waals surface area (Å²) in [6, 6.07) is 6.29. The summed E-state index contributed by atoms with van der Waals surface area (Å²) in [5.41, 5.74) is -0.442. The van der Waals surface area contributed by atoms with Gasteiger partial charge in [-0.25, -0.2) is 4.39 Å². The predicted molar refractivity (Wildman–Crippen MR) is 77.6 cm³/mol. The highest BCUT2D eigenvalue weighted by atomic mass is 19.4. The van der Waals surface area contributed by atoms with Crippen LogP contribution in [0.1, 0.15) is 40.6 Å². The number of aromatic nitrogens is 2. The molecule has 0 N–H and O–H groups in total. The molecule has 0 spiro atoms. The fraction of sp³-hybridized carbons (Fsp3) is 0.375. The summed E-state index contributed by atoms with van der Waals surface area (Å²) in [5, 5.41) is 3.38. The molecule has 0 aliphatic carbocycles. The number of hydrogen-bond donors (Lipinski definition) is 0. The molecule has 1 fully saturated rings. The van der Waals surface area contributed by atoms with Gasteiger partial charge in [0.05, 0.1) is 6.04 Å². The van der Waals surface area contributed by atoms with Crippen molar-refractivity contribution in [1.29, 1.82) is 0 Å². The van der Waals surface area contributed by atoms with E-state index in [1.807, 2.05) is 0 Å². The van der Waals surface area contributed by atoms with Crippen LogP contribution in [-0.2, 0) is 13.2 Å². The van der Waals surface area contributed by atoms with Gasteiger partial charge < -0.3 is 4.90 Å². The molecule has 0 bridgehead atoms.